The van der Waals surface area contributed by atoms with E-state index in [4.69, 9.17) is 4.74 Å². The van der Waals surface area contributed by atoms with Crippen LogP contribution in [0.25, 0.3) is 0 Å². The largest absolute Gasteiger partial charge is 0.497 e. The molecule has 0 spiro atoms. The molecule has 2 aromatic carbocycles. The molecule has 0 saturated carbocycles. The summed E-state index contributed by atoms with van der Waals surface area (Å²) in [6.45, 7) is 0. The maximum atomic E-state index is 11.3. The number of para-hydroxylation sites is 1. The number of anilines is 1. The summed E-state index contributed by atoms with van der Waals surface area (Å²) in [6.07, 6.45) is -1.54. The number of ether oxygens (including phenoxy) is 1. The lowest BCUT2D eigenvalue weighted by molar-refractivity contribution is -0.147. The van der Waals surface area contributed by atoms with E-state index in [1.54, 1.807) is 43.3 Å². The van der Waals surface area contributed by atoms with E-state index in [-0.39, 0.29) is 0 Å². The van der Waals surface area contributed by atoms with Crippen LogP contribution < -0.4 is 9.64 Å². The van der Waals surface area contributed by atoms with E-state index in [1.165, 1.54) is 0 Å². The molecule has 2 unspecified atom stereocenters. The van der Waals surface area contributed by atoms with Crippen molar-refractivity contribution in [3.8, 4) is 5.75 Å². The molecule has 0 aliphatic carbocycles. The predicted molar refractivity (Wildman–Crippen MR) is 84.2 cm³/mol. The van der Waals surface area contributed by atoms with Crippen LogP contribution in [0, 0.1) is 0 Å². The summed E-state index contributed by atoms with van der Waals surface area (Å²) < 4.78 is 5.11. The van der Waals surface area contributed by atoms with Crippen LogP contribution >= 0.6 is 0 Å². The Morgan fingerprint density at radius 1 is 1.09 bits per heavy atom. The first-order valence-corrected chi connectivity index (χ1v) is 6.87. The number of carbonyl (C=O) groups is 1. The summed E-state index contributed by atoms with van der Waals surface area (Å²) in [6, 6.07) is 15.7. The summed E-state index contributed by atoms with van der Waals surface area (Å²) in [5.74, 6) is -0.585. The molecule has 0 bridgehead atoms. The van der Waals surface area contributed by atoms with E-state index in [9.17, 15) is 15.0 Å². The van der Waals surface area contributed by atoms with Gasteiger partial charge in [0.1, 0.15) is 5.75 Å². The van der Waals surface area contributed by atoms with Gasteiger partial charge in [0.2, 0.25) is 0 Å². The first-order valence-electron chi connectivity index (χ1n) is 6.87. The van der Waals surface area contributed by atoms with Crippen LogP contribution in [0.5, 0.6) is 5.75 Å². The van der Waals surface area contributed by atoms with Crippen LogP contribution in [0.2, 0.25) is 0 Å². The Morgan fingerprint density at radius 3 is 2.18 bits per heavy atom. The molecule has 0 aromatic heterocycles. The molecule has 22 heavy (non-hydrogen) atoms. The minimum atomic E-state index is -1.54. The van der Waals surface area contributed by atoms with Crippen LogP contribution in [-0.4, -0.2) is 36.4 Å². The van der Waals surface area contributed by atoms with Gasteiger partial charge in [0.25, 0.3) is 0 Å². The fourth-order valence-corrected chi connectivity index (χ4v) is 2.38. The fraction of sp³-hybridized carbons (Fsp3) is 0.235. The molecule has 0 heterocycles. The van der Waals surface area contributed by atoms with E-state index in [1.807, 2.05) is 30.3 Å². The third kappa shape index (κ3) is 3.38. The van der Waals surface area contributed by atoms with Crippen molar-refractivity contribution in [2.45, 2.75) is 12.1 Å². The average Bonchev–Trinajstić information content (AvgIpc) is 2.56. The lowest BCUT2D eigenvalue weighted by Crippen LogP contribution is -2.38. The Kier molecular flexibility index (Phi) is 5.01. The molecule has 5 heteroatoms. The van der Waals surface area contributed by atoms with Gasteiger partial charge in [-0.1, -0.05) is 30.3 Å². The maximum absolute atomic E-state index is 11.3. The second kappa shape index (κ2) is 6.95. The number of methoxy groups -OCH3 is 1. The number of likely N-dealkylation sites (N-methyl/N-ethyl adjacent to an activating group) is 1. The molecule has 0 amide bonds. The normalized spacial score (nSPS) is 13.2. The van der Waals surface area contributed by atoms with E-state index >= 15 is 0 Å². The van der Waals surface area contributed by atoms with E-state index < -0.39 is 18.1 Å². The Bertz CT molecular complexity index is 612. The lowest BCUT2D eigenvalue weighted by atomic mass is 9.99. The smallest absolute Gasteiger partial charge is 0.335 e. The Hall–Kier alpha value is -2.53. The molecular formula is C17H19NO4. The Morgan fingerprint density at radius 2 is 1.68 bits per heavy atom. The number of hydrogen-bond donors (Lipinski definition) is 2. The van der Waals surface area contributed by atoms with Crippen molar-refractivity contribution in [2.24, 2.45) is 0 Å². The van der Waals surface area contributed by atoms with Crippen molar-refractivity contribution in [3.63, 3.8) is 0 Å². The molecule has 0 fully saturated rings. The molecule has 116 valence electrons. The molecule has 5 nitrogen and oxygen atoms in total. The number of benzene rings is 2. The van der Waals surface area contributed by atoms with E-state index in [2.05, 4.69) is 0 Å². The van der Waals surface area contributed by atoms with Crippen molar-refractivity contribution >= 4 is 11.7 Å². The molecule has 0 aliphatic heterocycles. The zero-order valence-electron chi connectivity index (χ0n) is 12.5. The molecule has 0 aliphatic rings. The number of hydrogen-bond acceptors (Lipinski definition) is 4. The minimum Gasteiger partial charge on any atom is -0.497 e. The molecule has 2 aromatic rings. The summed E-state index contributed by atoms with van der Waals surface area (Å²) in [5, 5.41) is 19.3. The molecule has 2 N–H and O–H groups in total. The average molecular weight is 301 g/mol. The number of aliphatic hydroxyl groups is 1. The highest BCUT2D eigenvalue weighted by atomic mass is 16.5. The van der Waals surface area contributed by atoms with Crippen molar-refractivity contribution < 1.29 is 19.7 Å². The molecule has 2 rings (SSSR count). The van der Waals surface area contributed by atoms with Gasteiger partial charge < -0.3 is 19.8 Å². The van der Waals surface area contributed by atoms with Crippen molar-refractivity contribution in [2.75, 3.05) is 19.1 Å². The van der Waals surface area contributed by atoms with Gasteiger partial charge in [-0.2, -0.15) is 0 Å². The third-order valence-electron chi connectivity index (χ3n) is 3.59. The number of aliphatic carboxylic acids is 1. The van der Waals surface area contributed by atoms with Crippen LogP contribution in [0.4, 0.5) is 5.69 Å². The SMILES string of the molecule is COc1ccc(C(C(O)C(=O)O)N(C)c2ccccc2)cc1. The first-order chi connectivity index (χ1) is 10.5. The quantitative estimate of drug-likeness (QED) is 0.857. The second-order valence-electron chi connectivity index (χ2n) is 4.95. The van der Waals surface area contributed by atoms with Crippen LogP contribution in [0.3, 0.4) is 0 Å². The zero-order chi connectivity index (χ0) is 16.1. The number of nitrogens with zero attached hydrogens (tertiary/aromatic N) is 1. The highest BCUT2D eigenvalue weighted by molar-refractivity contribution is 5.74. The summed E-state index contributed by atoms with van der Waals surface area (Å²) >= 11 is 0. The zero-order valence-corrected chi connectivity index (χ0v) is 12.5. The molecule has 0 saturated heterocycles. The van der Waals surface area contributed by atoms with Crippen molar-refractivity contribution in [3.05, 3.63) is 60.2 Å². The highest BCUT2D eigenvalue weighted by Crippen LogP contribution is 2.29. The summed E-state index contributed by atoms with van der Waals surface area (Å²) in [7, 11) is 3.32. The van der Waals surface area contributed by atoms with Crippen LogP contribution in [0.15, 0.2) is 54.6 Å². The van der Waals surface area contributed by atoms with Gasteiger partial charge in [0.15, 0.2) is 6.10 Å². The van der Waals surface area contributed by atoms with Gasteiger partial charge in [-0.15, -0.1) is 0 Å². The topological polar surface area (TPSA) is 70.0 Å². The highest BCUT2D eigenvalue weighted by Gasteiger charge is 2.31. The van der Waals surface area contributed by atoms with Gasteiger partial charge >= 0.3 is 5.97 Å². The van der Waals surface area contributed by atoms with E-state index in [0.717, 1.165) is 5.69 Å². The van der Waals surface area contributed by atoms with Gasteiger partial charge in [-0.3, -0.25) is 0 Å². The second-order valence-corrected chi connectivity index (χ2v) is 4.95. The van der Waals surface area contributed by atoms with Crippen LogP contribution in [-0.2, 0) is 4.79 Å². The molecule has 0 radical (unpaired) electrons. The van der Waals surface area contributed by atoms with Gasteiger partial charge in [-0.05, 0) is 29.8 Å². The summed E-state index contributed by atoms with van der Waals surface area (Å²) in [4.78, 5) is 13.0. The van der Waals surface area contributed by atoms with Gasteiger partial charge in [0, 0.05) is 12.7 Å². The Balaban J connectivity index is 2.39. The monoisotopic (exact) mass is 301 g/mol. The number of carboxylic acids is 1. The first kappa shape index (κ1) is 15.9. The number of rotatable bonds is 6. The number of carboxylic acid groups (broad SMARTS) is 1. The minimum absolute atomic E-state index is 0.676. The standard InChI is InChI=1S/C17H19NO4/c1-18(13-6-4-3-5-7-13)15(16(19)17(20)21)12-8-10-14(22-2)11-9-12/h3-11,15-16,19H,1-2H3,(H,20,21). The molecular weight excluding hydrogens is 282 g/mol. The lowest BCUT2D eigenvalue weighted by Gasteiger charge is -2.32. The Labute approximate surface area is 129 Å². The number of aliphatic hydroxyl groups excluding tert-OH is 1. The fourth-order valence-electron chi connectivity index (χ4n) is 2.38. The van der Waals surface area contributed by atoms with Gasteiger partial charge in [0.05, 0.1) is 13.2 Å². The van der Waals surface area contributed by atoms with Gasteiger partial charge in [-0.25, -0.2) is 4.79 Å². The summed E-state index contributed by atoms with van der Waals surface area (Å²) in [5.41, 5.74) is 1.52. The molecule has 2 atom stereocenters. The van der Waals surface area contributed by atoms with Crippen molar-refractivity contribution in [1.29, 1.82) is 0 Å². The predicted octanol–water partition coefficient (Wildman–Crippen LogP) is 2.32. The third-order valence-corrected chi connectivity index (χ3v) is 3.59. The maximum Gasteiger partial charge on any atom is 0.335 e. The van der Waals surface area contributed by atoms with Crippen molar-refractivity contribution in [1.82, 2.24) is 0 Å². The van der Waals surface area contributed by atoms with Crippen LogP contribution in [0.1, 0.15) is 11.6 Å². The van der Waals surface area contributed by atoms with E-state index in [0.29, 0.717) is 11.3 Å².